The summed E-state index contributed by atoms with van der Waals surface area (Å²) >= 11 is 0. The first kappa shape index (κ1) is 17.8. The SMILES string of the molecule is Cc1cnc(C(=O)N2CCN(C(=O)C(C)C)[C@@H]3CS(=O)(=O)C[C@@H]32)cn1. The maximum atomic E-state index is 12.8. The summed E-state index contributed by atoms with van der Waals surface area (Å²) in [5, 5.41) is 0. The Morgan fingerprint density at radius 1 is 1.08 bits per heavy atom. The van der Waals surface area contributed by atoms with E-state index in [9.17, 15) is 18.0 Å². The predicted molar refractivity (Wildman–Crippen MR) is 90.6 cm³/mol. The first-order chi connectivity index (χ1) is 11.7. The quantitative estimate of drug-likeness (QED) is 0.724. The highest BCUT2D eigenvalue weighted by Crippen LogP contribution is 2.29. The van der Waals surface area contributed by atoms with Crippen LogP contribution in [-0.2, 0) is 14.6 Å². The average Bonchev–Trinajstić information content (AvgIpc) is 2.88. The smallest absolute Gasteiger partial charge is 0.274 e. The molecule has 0 N–H and O–H groups in total. The minimum absolute atomic E-state index is 0.0747. The molecule has 136 valence electrons. The van der Waals surface area contributed by atoms with Crippen LogP contribution in [0.25, 0.3) is 0 Å². The number of hydrogen-bond acceptors (Lipinski definition) is 6. The van der Waals surface area contributed by atoms with Gasteiger partial charge in [0.2, 0.25) is 5.91 Å². The maximum Gasteiger partial charge on any atom is 0.274 e. The van der Waals surface area contributed by atoms with Crippen molar-refractivity contribution in [2.45, 2.75) is 32.9 Å². The molecular weight excluding hydrogens is 344 g/mol. The van der Waals surface area contributed by atoms with E-state index >= 15 is 0 Å². The Hall–Kier alpha value is -2.03. The van der Waals surface area contributed by atoms with Gasteiger partial charge in [-0.25, -0.2) is 13.4 Å². The van der Waals surface area contributed by atoms with Gasteiger partial charge in [0, 0.05) is 25.2 Å². The van der Waals surface area contributed by atoms with Crippen LogP contribution < -0.4 is 0 Å². The molecule has 9 heteroatoms. The van der Waals surface area contributed by atoms with Crippen molar-refractivity contribution in [1.82, 2.24) is 19.8 Å². The standard InChI is InChI=1S/C16H22N4O4S/c1-10(2)15(21)19-4-5-20(14-9-25(23,24)8-13(14)19)16(22)12-7-17-11(3)6-18-12/h6-7,10,13-14H,4-5,8-9H2,1-3H3/t13-,14+/m1/s1. The number of aryl methyl sites for hydroxylation is 1. The zero-order valence-corrected chi connectivity index (χ0v) is 15.4. The third-order valence-corrected chi connectivity index (χ3v) is 6.41. The van der Waals surface area contributed by atoms with Crippen molar-refractivity contribution in [2.24, 2.45) is 5.92 Å². The fourth-order valence-corrected chi connectivity index (χ4v) is 5.44. The van der Waals surface area contributed by atoms with E-state index in [1.54, 1.807) is 30.6 Å². The van der Waals surface area contributed by atoms with Gasteiger partial charge >= 0.3 is 0 Å². The third kappa shape index (κ3) is 3.37. The van der Waals surface area contributed by atoms with Crippen molar-refractivity contribution in [3.8, 4) is 0 Å². The first-order valence-corrected chi connectivity index (χ1v) is 10.1. The molecule has 0 spiro atoms. The topological polar surface area (TPSA) is 101 Å². The molecule has 1 aromatic rings. The Bertz CT molecular complexity index is 791. The molecule has 0 radical (unpaired) electrons. The van der Waals surface area contributed by atoms with Crippen LogP contribution in [0.1, 0.15) is 30.0 Å². The molecule has 2 aliphatic heterocycles. The highest BCUT2D eigenvalue weighted by atomic mass is 32.2. The van der Waals surface area contributed by atoms with Crippen LogP contribution in [0.4, 0.5) is 0 Å². The van der Waals surface area contributed by atoms with E-state index in [2.05, 4.69) is 9.97 Å². The summed E-state index contributed by atoms with van der Waals surface area (Å²) in [6, 6.07) is -1.02. The average molecular weight is 366 g/mol. The van der Waals surface area contributed by atoms with Crippen LogP contribution in [0.2, 0.25) is 0 Å². The maximum absolute atomic E-state index is 12.8. The van der Waals surface area contributed by atoms with Crippen molar-refractivity contribution in [2.75, 3.05) is 24.6 Å². The second kappa shape index (κ2) is 6.36. The van der Waals surface area contributed by atoms with Gasteiger partial charge in [-0.2, -0.15) is 0 Å². The molecule has 8 nitrogen and oxygen atoms in total. The molecule has 3 rings (SSSR count). The molecule has 0 bridgehead atoms. The highest BCUT2D eigenvalue weighted by Gasteiger charge is 2.49. The number of piperazine rings is 1. The van der Waals surface area contributed by atoms with Crippen molar-refractivity contribution >= 4 is 21.7 Å². The Balaban J connectivity index is 1.89. The number of nitrogens with zero attached hydrogens (tertiary/aromatic N) is 4. The second-order valence-electron chi connectivity index (χ2n) is 6.94. The largest absolute Gasteiger partial charge is 0.335 e. The van der Waals surface area contributed by atoms with Crippen molar-refractivity contribution in [3.05, 3.63) is 23.8 Å². The fourth-order valence-electron chi connectivity index (χ4n) is 3.46. The van der Waals surface area contributed by atoms with Gasteiger partial charge in [0.1, 0.15) is 5.69 Å². The fraction of sp³-hybridized carbons (Fsp3) is 0.625. The van der Waals surface area contributed by atoms with E-state index in [1.807, 2.05) is 0 Å². The van der Waals surface area contributed by atoms with E-state index in [4.69, 9.17) is 0 Å². The van der Waals surface area contributed by atoms with Gasteiger partial charge in [0.25, 0.3) is 5.91 Å². The van der Waals surface area contributed by atoms with E-state index in [1.165, 1.54) is 12.4 Å². The number of carbonyl (C=O) groups is 2. The molecule has 3 heterocycles. The normalized spacial score (nSPS) is 25.1. The van der Waals surface area contributed by atoms with Crippen LogP contribution in [0.15, 0.2) is 12.4 Å². The van der Waals surface area contributed by atoms with Gasteiger partial charge < -0.3 is 9.80 Å². The van der Waals surface area contributed by atoms with Gasteiger partial charge in [-0.15, -0.1) is 0 Å². The van der Waals surface area contributed by atoms with Crippen molar-refractivity contribution in [1.29, 1.82) is 0 Å². The van der Waals surface area contributed by atoms with Crippen LogP contribution in [0, 0.1) is 12.8 Å². The molecular formula is C16H22N4O4S. The minimum Gasteiger partial charge on any atom is -0.335 e. The molecule has 1 aromatic heterocycles. The molecule has 0 saturated carbocycles. The van der Waals surface area contributed by atoms with Crippen molar-refractivity contribution < 1.29 is 18.0 Å². The van der Waals surface area contributed by atoms with Gasteiger partial charge in [-0.3, -0.25) is 14.6 Å². The lowest BCUT2D eigenvalue weighted by molar-refractivity contribution is -0.139. The van der Waals surface area contributed by atoms with Gasteiger partial charge in [0.15, 0.2) is 9.84 Å². The summed E-state index contributed by atoms with van der Waals surface area (Å²) in [6.45, 7) is 5.99. The first-order valence-electron chi connectivity index (χ1n) is 8.30. The highest BCUT2D eigenvalue weighted by molar-refractivity contribution is 7.91. The second-order valence-corrected chi connectivity index (χ2v) is 9.09. The van der Waals surface area contributed by atoms with E-state index < -0.39 is 21.9 Å². The molecule has 2 atom stereocenters. The Morgan fingerprint density at radius 3 is 2.24 bits per heavy atom. The summed E-state index contributed by atoms with van der Waals surface area (Å²) in [6.07, 6.45) is 2.91. The summed E-state index contributed by atoms with van der Waals surface area (Å²) in [5.41, 5.74) is 0.891. The molecule has 2 amide bonds. The van der Waals surface area contributed by atoms with Gasteiger partial charge in [-0.1, -0.05) is 13.8 Å². The number of rotatable bonds is 2. The molecule has 2 aliphatic rings. The Labute approximate surface area is 147 Å². The van der Waals surface area contributed by atoms with Crippen LogP contribution in [0.3, 0.4) is 0 Å². The summed E-state index contributed by atoms with van der Waals surface area (Å²) in [7, 11) is -3.30. The number of carbonyl (C=O) groups excluding carboxylic acids is 2. The molecule has 0 aliphatic carbocycles. The zero-order chi connectivity index (χ0) is 18.4. The summed E-state index contributed by atoms with van der Waals surface area (Å²) in [4.78, 5) is 36.6. The third-order valence-electron chi connectivity index (χ3n) is 4.71. The summed E-state index contributed by atoms with van der Waals surface area (Å²) < 4.78 is 24.4. The monoisotopic (exact) mass is 366 g/mol. The van der Waals surface area contributed by atoms with Crippen molar-refractivity contribution in [3.63, 3.8) is 0 Å². The number of hydrogen-bond donors (Lipinski definition) is 0. The van der Waals surface area contributed by atoms with E-state index in [0.717, 1.165) is 0 Å². The van der Waals surface area contributed by atoms with Crippen LogP contribution in [-0.4, -0.2) is 76.7 Å². The van der Waals surface area contributed by atoms with Crippen LogP contribution >= 0.6 is 0 Å². The molecule has 2 saturated heterocycles. The number of fused-ring (bicyclic) bond motifs is 1. The number of sulfone groups is 1. The predicted octanol–water partition coefficient (Wildman–Crippen LogP) is -0.109. The lowest BCUT2D eigenvalue weighted by atomic mass is 10.0. The number of amides is 2. The molecule has 0 unspecified atom stereocenters. The van der Waals surface area contributed by atoms with Gasteiger partial charge in [0.05, 0.1) is 35.5 Å². The molecule has 2 fully saturated rings. The zero-order valence-electron chi connectivity index (χ0n) is 14.5. The lowest BCUT2D eigenvalue weighted by Crippen LogP contribution is -2.62. The number of aromatic nitrogens is 2. The van der Waals surface area contributed by atoms with E-state index in [-0.39, 0.29) is 34.9 Å². The van der Waals surface area contributed by atoms with E-state index in [0.29, 0.717) is 18.8 Å². The lowest BCUT2D eigenvalue weighted by Gasteiger charge is -2.44. The summed E-state index contributed by atoms with van der Waals surface area (Å²) in [5.74, 6) is -0.843. The Kier molecular flexibility index (Phi) is 4.52. The molecule has 25 heavy (non-hydrogen) atoms. The Morgan fingerprint density at radius 2 is 1.68 bits per heavy atom. The van der Waals surface area contributed by atoms with Crippen LogP contribution in [0.5, 0.6) is 0 Å². The minimum atomic E-state index is -3.30. The molecule has 0 aromatic carbocycles. The van der Waals surface area contributed by atoms with Gasteiger partial charge in [-0.05, 0) is 6.92 Å².